The van der Waals surface area contributed by atoms with Crippen LogP contribution in [0.25, 0.3) is 0 Å². The van der Waals surface area contributed by atoms with Gasteiger partial charge in [0, 0.05) is 23.3 Å². The number of carbonyl (C=O) groups is 1. The summed E-state index contributed by atoms with van der Waals surface area (Å²) in [5.74, 6) is -0.516. The van der Waals surface area contributed by atoms with Gasteiger partial charge in [-0.3, -0.25) is 14.9 Å². The summed E-state index contributed by atoms with van der Waals surface area (Å²) in [6.07, 6.45) is 1.30. The quantitative estimate of drug-likeness (QED) is 0.509. The van der Waals surface area contributed by atoms with Crippen LogP contribution in [-0.4, -0.2) is 22.2 Å². The third-order valence-corrected chi connectivity index (χ3v) is 2.57. The molecule has 0 bridgehead atoms. The van der Waals surface area contributed by atoms with E-state index < -0.39 is 10.8 Å². The number of carbonyl (C=O) groups excluding carboxylic acids is 1. The second kappa shape index (κ2) is 6.29. The van der Waals surface area contributed by atoms with Gasteiger partial charge in [0.05, 0.1) is 11.1 Å². The van der Waals surface area contributed by atoms with Crippen LogP contribution in [0.5, 0.6) is 5.75 Å². The molecule has 7 heteroatoms. The van der Waals surface area contributed by atoms with Crippen molar-refractivity contribution < 1.29 is 14.8 Å². The van der Waals surface area contributed by atoms with Crippen LogP contribution in [0.2, 0.25) is 0 Å². The first-order valence-electron chi connectivity index (χ1n) is 5.93. The maximum atomic E-state index is 11.7. The highest BCUT2D eigenvalue weighted by molar-refractivity contribution is 5.95. The maximum absolute atomic E-state index is 11.7. The number of non-ortho nitro benzene ring substituents is 1. The SMILES string of the molecule is O=C(N/N=C\c1cccc([N+](=O)[O-])c1)c1cccc(O)c1. The second-order valence-corrected chi connectivity index (χ2v) is 4.10. The van der Waals surface area contributed by atoms with Crippen molar-refractivity contribution in [1.82, 2.24) is 5.43 Å². The Labute approximate surface area is 119 Å². The van der Waals surface area contributed by atoms with E-state index in [1.54, 1.807) is 6.07 Å². The van der Waals surface area contributed by atoms with Crippen molar-refractivity contribution in [3.05, 3.63) is 69.8 Å². The Kier molecular flexibility index (Phi) is 4.25. The lowest BCUT2D eigenvalue weighted by atomic mass is 10.2. The summed E-state index contributed by atoms with van der Waals surface area (Å²) in [5, 5.41) is 23.6. The summed E-state index contributed by atoms with van der Waals surface area (Å²) in [4.78, 5) is 21.8. The molecule has 2 aromatic rings. The fraction of sp³-hybridized carbons (Fsp3) is 0. The summed E-state index contributed by atoms with van der Waals surface area (Å²) in [6, 6.07) is 11.7. The van der Waals surface area contributed by atoms with E-state index >= 15 is 0 Å². The zero-order chi connectivity index (χ0) is 15.2. The van der Waals surface area contributed by atoms with Crippen LogP contribution in [0.4, 0.5) is 5.69 Å². The molecule has 0 aliphatic carbocycles. The maximum Gasteiger partial charge on any atom is 0.271 e. The van der Waals surface area contributed by atoms with Crippen molar-refractivity contribution in [3.63, 3.8) is 0 Å². The Balaban J connectivity index is 2.04. The standard InChI is InChI=1S/C14H11N3O4/c18-13-6-2-4-11(8-13)14(19)16-15-9-10-3-1-5-12(7-10)17(20)21/h1-9,18H,(H,16,19)/b15-9-. The number of aromatic hydroxyl groups is 1. The predicted octanol–water partition coefficient (Wildman–Crippen LogP) is 2.06. The highest BCUT2D eigenvalue weighted by Gasteiger charge is 2.05. The van der Waals surface area contributed by atoms with Crippen molar-refractivity contribution in [2.75, 3.05) is 0 Å². The van der Waals surface area contributed by atoms with Gasteiger partial charge in [-0.15, -0.1) is 0 Å². The highest BCUT2D eigenvalue weighted by Crippen LogP contribution is 2.12. The van der Waals surface area contributed by atoms with E-state index in [0.29, 0.717) is 5.56 Å². The lowest BCUT2D eigenvalue weighted by molar-refractivity contribution is -0.384. The molecular formula is C14H11N3O4. The summed E-state index contributed by atoms with van der Waals surface area (Å²) in [5.41, 5.74) is 2.96. The molecule has 0 saturated heterocycles. The van der Waals surface area contributed by atoms with Gasteiger partial charge < -0.3 is 5.11 Å². The van der Waals surface area contributed by atoms with Gasteiger partial charge in [0.15, 0.2) is 0 Å². The summed E-state index contributed by atoms with van der Waals surface area (Å²) in [6.45, 7) is 0. The predicted molar refractivity (Wildman–Crippen MR) is 76.3 cm³/mol. The fourth-order valence-corrected chi connectivity index (χ4v) is 1.60. The van der Waals surface area contributed by atoms with Crippen LogP contribution < -0.4 is 5.43 Å². The van der Waals surface area contributed by atoms with E-state index in [-0.39, 0.29) is 17.0 Å². The average Bonchev–Trinajstić information content (AvgIpc) is 2.47. The molecule has 2 aromatic carbocycles. The summed E-state index contributed by atoms with van der Waals surface area (Å²) < 4.78 is 0. The molecule has 0 spiro atoms. The monoisotopic (exact) mass is 285 g/mol. The van der Waals surface area contributed by atoms with Crippen LogP contribution in [-0.2, 0) is 0 Å². The molecule has 0 saturated carbocycles. The number of phenolic OH excluding ortho intramolecular Hbond substituents is 1. The number of nitro groups is 1. The van der Waals surface area contributed by atoms with E-state index in [1.807, 2.05) is 0 Å². The summed E-state index contributed by atoms with van der Waals surface area (Å²) >= 11 is 0. The molecule has 106 valence electrons. The molecule has 0 aromatic heterocycles. The minimum atomic E-state index is -0.511. The van der Waals surface area contributed by atoms with E-state index in [0.717, 1.165) is 0 Å². The fourth-order valence-electron chi connectivity index (χ4n) is 1.60. The first-order chi connectivity index (χ1) is 10.1. The van der Waals surface area contributed by atoms with Crippen molar-refractivity contribution in [1.29, 1.82) is 0 Å². The Morgan fingerprint density at radius 2 is 2.00 bits per heavy atom. The Morgan fingerprint density at radius 3 is 2.71 bits per heavy atom. The number of nitro benzene ring substituents is 1. The second-order valence-electron chi connectivity index (χ2n) is 4.10. The number of hydrogen-bond acceptors (Lipinski definition) is 5. The minimum Gasteiger partial charge on any atom is -0.508 e. The molecule has 7 nitrogen and oxygen atoms in total. The van der Waals surface area contributed by atoms with Gasteiger partial charge in [-0.05, 0) is 18.2 Å². The summed E-state index contributed by atoms with van der Waals surface area (Å²) in [7, 11) is 0. The number of nitrogens with one attached hydrogen (secondary N) is 1. The minimum absolute atomic E-state index is 0.0229. The molecule has 0 aliphatic heterocycles. The third-order valence-electron chi connectivity index (χ3n) is 2.57. The van der Waals surface area contributed by atoms with Crippen molar-refractivity contribution >= 4 is 17.8 Å². The third kappa shape index (κ3) is 3.87. The zero-order valence-corrected chi connectivity index (χ0v) is 10.8. The van der Waals surface area contributed by atoms with Crippen LogP contribution in [0.3, 0.4) is 0 Å². The van der Waals surface area contributed by atoms with Gasteiger partial charge in [0.2, 0.25) is 0 Å². The number of phenols is 1. The molecule has 21 heavy (non-hydrogen) atoms. The molecule has 0 fully saturated rings. The van der Waals surface area contributed by atoms with Gasteiger partial charge in [-0.2, -0.15) is 5.10 Å². The van der Waals surface area contributed by atoms with Crippen molar-refractivity contribution in [2.24, 2.45) is 5.10 Å². The molecule has 2 rings (SSSR count). The van der Waals surface area contributed by atoms with Gasteiger partial charge in [0.1, 0.15) is 5.75 Å². The lowest BCUT2D eigenvalue weighted by Crippen LogP contribution is -2.17. The number of nitrogens with zero attached hydrogens (tertiary/aromatic N) is 2. The van der Waals surface area contributed by atoms with E-state index in [4.69, 9.17) is 0 Å². The van der Waals surface area contributed by atoms with E-state index in [2.05, 4.69) is 10.5 Å². The average molecular weight is 285 g/mol. The number of hydrazone groups is 1. The van der Waals surface area contributed by atoms with E-state index in [9.17, 15) is 20.0 Å². The Hall–Kier alpha value is -3.22. The Bertz CT molecular complexity index is 713. The van der Waals surface area contributed by atoms with Gasteiger partial charge >= 0.3 is 0 Å². The highest BCUT2D eigenvalue weighted by atomic mass is 16.6. The lowest BCUT2D eigenvalue weighted by Gasteiger charge is -2.00. The molecule has 0 aliphatic rings. The van der Waals surface area contributed by atoms with Crippen LogP contribution in [0.15, 0.2) is 53.6 Å². The topological polar surface area (TPSA) is 105 Å². The van der Waals surface area contributed by atoms with Crippen LogP contribution in [0.1, 0.15) is 15.9 Å². The molecule has 0 heterocycles. The largest absolute Gasteiger partial charge is 0.508 e. The molecule has 2 N–H and O–H groups in total. The number of benzene rings is 2. The first-order valence-corrected chi connectivity index (χ1v) is 5.93. The molecule has 0 atom stereocenters. The molecule has 0 radical (unpaired) electrons. The van der Waals surface area contributed by atoms with Crippen LogP contribution >= 0.6 is 0 Å². The molecule has 1 amide bonds. The van der Waals surface area contributed by atoms with Crippen molar-refractivity contribution in [2.45, 2.75) is 0 Å². The van der Waals surface area contributed by atoms with Gasteiger partial charge in [-0.25, -0.2) is 5.43 Å². The number of hydrogen-bond donors (Lipinski definition) is 2. The number of rotatable bonds is 4. The Morgan fingerprint density at radius 1 is 1.24 bits per heavy atom. The molecular weight excluding hydrogens is 274 g/mol. The van der Waals surface area contributed by atoms with Crippen molar-refractivity contribution in [3.8, 4) is 5.75 Å². The first kappa shape index (κ1) is 14.2. The number of amides is 1. The van der Waals surface area contributed by atoms with Gasteiger partial charge in [0.25, 0.3) is 11.6 Å². The normalized spacial score (nSPS) is 10.5. The smallest absolute Gasteiger partial charge is 0.271 e. The van der Waals surface area contributed by atoms with Crippen LogP contribution in [0, 0.1) is 10.1 Å². The zero-order valence-electron chi connectivity index (χ0n) is 10.8. The molecule has 0 unspecified atom stereocenters. The van der Waals surface area contributed by atoms with Gasteiger partial charge in [-0.1, -0.05) is 18.2 Å². The van der Waals surface area contributed by atoms with E-state index in [1.165, 1.54) is 48.7 Å².